The predicted octanol–water partition coefficient (Wildman–Crippen LogP) is 3.17. The molecule has 0 bridgehead atoms. The minimum absolute atomic E-state index is 0.147. The number of rotatable bonds is 11. The van der Waals surface area contributed by atoms with Crippen molar-refractivity contribution in [2.45, 2.75) is 43.7 Å². The number of sulfonamides is 1. The Kier molecular flexibility index (Phi) is 8.06. The molecule has 0 amide bonds. The Balaban J connectivity index is 1.86. The number of hydrogen-bond donors (Lipinski definition) is 0. The molecule has 1 fully saturated rings. The molecule has 8 heteroatoms. The van der Waals surface area contributed by atoms with Crippen molar-refractivity contribution in [3.63, 3.8) is 0 Å². The molecule has 0 saturated carbocycles. The van der Waals surface area contributed by atoms with E-state index in [4.69, 9.17) is 14.2 Å². The Morgan fingerprint density at radius 3 is 1.90 bits per heavy atom. The lowest BCUT2D eigenvalue weighted by Crippen LogP contribution is -2.40. The van der Waals surface area contributed by atoms with Gasteiger partial charge in [0.05, 0.1) is 20.3 Å². The van der Waals surface area contributed by atoms with Gasteiger partial charge in [-0.1, -0.05) is 24.3 Å². The van der Waals surface area contributed by atoms with Crippen molar-refractivity contribution in [1.29, 1.82) is 0 Å². The van der Waals surface area contributed by atoms with Crippen LogP contribution in [0.25, 0.3) is 0 Å². The maximum Gasteiger partial charge on any atom is 0.224 e. The molecule has 168 valence electrons. The van der Waals surface area contributed by atoms with Crippen molar-refractivity contribution >= 4 is 16.3 Å². The number of hydrogen-bond acceptors (Lipinski definition) is 6. The predicted molar refractivity (Wildman–Crippen MR) is 118 cm³/mol. The van der Waals surface area contributed by atoms with Gasteiger partial charge in [0.25, 0.3) is 0 Å². The monoisotopic (exact) mass is 447 g/mol. The van der Waals surface area contributed by atoms with Gasteiger partial charge in [-0.05, 0) is 54.7 Å². The first-order chi connectivity index (χ1) is 15.0. The molecule has 0 radical (unpaired) electrons. The molecule has 1 aliphatic heterocycles. The summed E-state index contributed by atoms with van der Waals surface area (Å²) in [7, 11) is -0.748. The first-order valence-electron chi connectivity index (χ1n) is 10.3. The number of nitrogens with zero attached hydrogens (tertiary/aromatic N) is 1. The van der Waals surface area contributed by atoms with Gasteiger partial charge in [-0.15, -0.1) is 0 Å². The van der Waals surface area contributed by atoms with Gasteiger partial charge in [0.2, 0.25) is 10.0 Å². The van der Waals surface area contributed by atoms with E-state index in [2.05, 4.69) is 0 Å². The van der Waals surface area contributed by atoms with Crippen LogP contribution in [-0.2, 0) is 32.6 Å². The zero-order chi connectivity index (χ0) is 22.3. The third kappa shape index (κ3) is 6.06. The fourth-order valence-corrected chi connectivity index (χ4v) is 5.27. The van der Waals surface area contributed by atoms with Gasteiger partial charge in [0.1, 0.15) is 23.0 Å². The van der Waals surface area contributed by atoms with E-state index in [1.165, 1.54) is 4.31 Å². The molecule has 0 aromatic heterocycles. The lowest BCUT2D eigenvalue weighted by molar-refractivity contribution is -0.108. The Labute approximate surface area is 184 Å². The first kappa shape index (κ1) is 23.2. The van der Waals surface area contributed by atoms with Crippen LogP contribution in [0.15, 0.2) is 48.5 Å². The number of ether oxygens (including phenoxy) is 3. The molecule has 0 unspecified atom stereocenters. The summed E-state index contributed by atoms with van der Waals surface area (Å²) in [6.07, 6.45) is 2.17. The molecule has 1 heterocycles. The van der Waals surface area contributed by atoms with Crippen molar-refractivity contribution in [2.75, 3.05) is 20.8 Å². The van der Waals surface area contributed by atoms with Crippen molar-refractivity contribution in [3.8, 4) is 11.5 Å². The maximum absolute atomic E-state index is 13.5. The van der Waals surface area contributed by atoms with E-state index in [1.807, 2.05) is 24.3 Å². The largest absolute Gasteiger partial charge is 0.497 e. The van der Waals surface area contributed by atoms with Crippen molar-refractivity contribution < 1.29 is 27.4 Å². The van der Waals surface area contributed by atoms with E-state index < -0.39 is 15.3 Å². The summed E-state index contributed by atoms with van der Waals surface area (Å²) < 4.78 is 44.3. The van der Waals surface area contributed by atoms with E-state index in [9.17, 15) is 13.2 Å². The molecule has 0 N–H and O–H groups in total. The molecular formula is C23H29NO6S. The third-order valence-electron chi connectivity index (χ3n) is 5.45. The topological polar surface area (TPSA) is 82.1 Å². The molecule has 3 rings (SSSR count). The highest BCUT2D eigenvalue weighted by atomic mass is 32.2. The van der Waals surface area contributed by atoms with Crippen LogP contribution in [-0.4, -0.2) is 51.2 Å². The average Bonchev–Trinajstić information content (AvgIpc) is 3.31. The van der Waals surface area contributed by atoms with Gasteiger partial charge in [-0.25, -0.2) is 8.42 Å². The van der Waals surface area contributed by atoms with E-state index in [0.717, 1.165) is 24.0 Å². The van der Waals surface area contributed by atoms with Gasteiger partial charge in [-0.3, -0.25) is 0 Å². The summed E-state index contributed by atoms with van der Waals surface area (Å²) in [5, 5.41) is -1.15. The molecule has 1 saturated heterocycles. The summed E-state index contributed by atoms with van der Waals surface area (Å²) in [5.74, 6) is 1.38. The average molecular weight is 448 g/mol. The smallest absolute Gasteiger partial charge is 0.224 e. The Morgan fingerprint density at radius 1 is 1.00 bits per heavy atom. The van der Waals surface area contributed by atoms with Gasteiger partial charge in [0, 0.05) is 19.7 Å². The van der Waals surface area contributed by atoms with Gasteiger partial charge in [0.15, 0.2) is 0 Å². The van der Waals surface area contributed by atoms with E-state index in [1.54, 1.807) is 38.5 Å². The normalized spacial score (nSPS) is 17.5. The molecule has 31 heavy (non-hydrogen) atoms. The standard InChI is InChI=1S/C23H29NO6S/c1-28-20-9-5-18(6-10-20)15-24(16-19-7-11-21(29-2)12-8-19)31(26,27)23(17-25)14-22-4-3-13-30-22/h5-12,17,22-23H,3-4,13-16H2,1-2H3/t22-,23+/m1/s1. The van der Waals surface area contributed by atoms with Gasteiger partial charge in [-0.2, -0.15) is 4.31 Å². The Morgan fingerprint density at radius 2 is 1.52 bits per heavy atom. The lowest BCUT2D eigenvalue weighted by Gasteiger charge is -2.26. The molecule has 0 aliphatic carbocycles. The highest BCUT2D eigenvalue weighted by molar-refractivity contribution is 7.90. The van der Waals surface area contributed by atoms with E-state index >= 15 is 0 Å². The SMILES string of the molecule is COc1ccc(CN(Cc2ccc(OC)cc2)S(=O)(=O)[C@H](C=O)C[C@H]2CCCO2)cc1. The summed E-state index contributed by atoms with van der Waals surface area (Å²) in [5.41, 5.74) is 1.61. The van der Waals surface area contributed by atoms with Crippen molar-refractivity contribution in [1.82, 2.24) is 4.31 Å². The number of benzene rings is 2. The van der Waals surface area contributed by atoms with Crippen LogP contribution in [0.1, 0.15) is 30.4 Å². The van der Waals surface area contributed by atoms with Crippen LogP contribution < -0.4 is 9.47 Å². The molecule has 7 nitrogen and oxygen atoms in total. The quantitative estimate of drug-likeness (QED) is 0.492. The number of carbonyl (C=O) groups is 1. The fraction of sp³-hybridized carbons (Fsp3) is 0.435. The zero-order valence-corrected chi connectivity index (χ0v) is 18.7. The molecule has 0 spiro atoms. The molecule has 2 aromatic carbocycles. The second-order valence-electron chi connectivity index (χ2n) is 7.55. The third-order valence-corrected chi connectivity index (χ3v) is 7.50. The van der Waals surface area contributed by atoms with E-state index in [-0.39, 0.29) is 25.6 Å². The molecule has 1 aliphatic rings. The van der Waals surface area contributed by atoms with Crippen LogP contribution in [0.5, 0.6) is 11.5 Å². The van der Waals surface area contributed by atoms with Crippen LogP contribution in [0.4, 0.5) is 0 Å². The van der Waals surface area contributed by atoms with Crippen LogP contribution in [0, 0.1) is 0 Å². The highest BCUT2D eigenvalue weighted by Gasteiger charge is 2.35. The summed E-state index contributed by atoms with van der Waals surface area (Å²) in [6, 6.07) is 14.5. The Hall–Kier alpha value is -2.42. The summed E-state index contributed by atoms with van der Waals surface area (Å²) >= 11 is 0. The van der Waals surface area contributed by atoms with Gasteiger partial charge < -0.3 is 19.0 Å². The van der Waals surface area contributed by atoms with E-state index in [0.29, 0.717) is 24.4 Å². The number of methoxy groups -OCH3 is 2. The molecular weight excluding hydrogens is 418 g/mol. The minimum Gasteiger partial charge on any atom is -0.497 e. The second-order valence-corrected chi connectivity index (χ2v) is 9.71. The first-order valence-corrected chi connectivity index (χ1v) is 11.8. The minimum atomic E-state index is -3.91. The maximum atomic E-state index is 13.5. The second kappa shape index (κ2) is 10.7. The summed E-state index contributed by atoms with van der Waals surface area (Å²) in [4.78, 5) is 11.8. The van der Waals surface area contributed by atoms with Crippen LogP contribution in [0.2, 0.25) is 0 Å². The summed E-state index contributed by atoms with van der Waals surface area (Å²) in [6.45, 7) is 0.903. The highest BCUT2D eigenvalue weighted by Crippen LogP contribution is 2.25. The number of aldehydes is 1. The van der Waals surface area contributed by atoms with Crippen molar-refractivity contribution in [2.24, 2.45) is 0 Å². The fourth-order valence-electron chi connectivity index (χ4n) is 3.63. The lowest BCUT2D eigenvalue weighted by atomic mass is 10.1. The van der Waals surface area contributed by atoms with Crippen LogP contribution >= 0.6 is 0 Å². The molecule has 2 atom stereocenters. The number of carbonyl (C=O) groups excluding carboxylic acids is 1. The zero-order valence-electron chi connectivity index (χ0n) is 17.9. The molecule has 2 aromatic rings. The van der Waals surface area contributed by atoms with Crippen LogP contribution in [0.3, 0.4) is 0 Å². The Bertz CT molecular complexity index is 888. The van der Waals surface area contributed by atoms with Crippen molar-refractivity contribution in [3.05, 3.63) is 59.7 Å². The van der Waals surface area contributed by atoms with Gasteiger partial charge >= 0.3 is 0 Å².